The molecule has 0 unspecified atom stereocenters. The predicted molar refractivity (Wildman–Crippen MR) is 79.8 cm³/mol. The molecule has 0 bridgehead atoms. The van der Waals surface area contributed by atoms with Gasteiger partial charge >= 0.3 is 12.1 Å². The number of halogens is 4. The van der Waals surface area contributed by atoms with Gasteiger partial charge < -0.3 is 4.74 Å². The summed E-state index contributed by atoms with van der Waals surface area (Å²) in [5, 5.41) is 0. The third-order valence-electron chi connectivity index (χ3n) is 3.74. The highest BCUT2D eigenvalue weighted by Crippen LogP contribution is 2.46. The normalized spacial score (nSPS) is 20.3. The lowest BCUT2D eigenvalue weighted by Gasteiger charge is -2.38. The maximum Gasteiger partial charge on any atom is 0.338 e. The first-order valence-corrected chi connectivity index (χ1v) is 8.19. The van der Waals surface area contributed by atoms with Gasteiger partial charge in [0, 0.05) is 6.42 Å². The minimum atomic E-state index is -3.84. The molecule has 1 aliphatic heterocycles. The fourth-order valence-corrected chi connectivity index (χ4v) is 2.76. The van der Waals surface area contributed by atoms with Crippen molar-refractivity contribution in [2.24, 2.45) is 0 Å². The van der Waals surface area contributed by atoms with Gasteiger partial charge in [0.25, 0.3) is 5.88 Å². The van der Waals surface area contributed by atoms with E-state index in [1.807, 2.05) is 0 Å². The number of hydrogen-bond acceptors (Lipinski definition) is 5. The van der Waals surface area contributed by atoms with Crippen LogP contribution in [0.2, 0.25) is 0 Å². The molecular weight excluding hydrogens is 334 g/mol. The highest BCUT2D eigenvalue weighted by Gasteiger charge is 2.55. The molecule has 4 nitrogen and oxygen atoms in total. The number of hydrogen-bond donors (Lipinski definition) is 0. The van der Waals surface area contributed by atoms with E-state index in [-0.39, 0.29) is 16.5 Å². The van der Waals surface area contributed by atoms with Crippen molar-refractivity contribution in [1.29, 1.82) is 0 Å². The Balaban J connectivity index is 2.13. The van der Waals surface area contributed by atoms with Gasteiger partial charge in [-0.3, -0.25) is 0 Å². The van der Waals surface area contributed by atoms with Crippen molar-refractivity contribution in [1.82, 2.24) is 13.6 Å². The smallest absolute Gasteiger partial charge is 0.338 e. The second kappa shape index (κ2) is 7.12. The molecule has 0 N–H and O–H groups in total. The minimum Gasteiger partial charge on any atom is -0.475 e. The third-order valence-corrected chi connectivity index (χ3v) is 4.25. The number of rotatable bonds is 7. The number of alkyl halides is 4. The van der Waals surface area contributed by atoms with E-state index in [1.165, 1.54) is 0 Å². The Labute approximate surface area is 136 Å². The molecule has 130 valence electrons. The van der Waals surface area contributed by atoms with E-state index in [4.69, 9.17) is 4.74 Å². The highest BCUT2D eigenvalue weighted by molar-refractivity contribution is 6.99. The lowest BCUT2D eigenvalue weighted by molar-refractivity contribution is -0.241. The van der Waals surface area contributed by atoms with Crippen molar-refractivity contribution in [3.05, 3.63) is 11.8 Å². The molecule has 0 aliphatic carbocycles. The maximum atomic E-state index is 14.2. The summed E-state index contributed by atoms with van der Waals surface area (Å²) in [6, 6.07) is -7.44. The highest BCUT2D eigenvalue weighted by atomic mass is 32.1. The molecule has 1 aromatic heterocycles. The van der Waals surface area contributed by atoms with Gasteiger partial charge in [-0.2, -0.15) is 26.8 Å². The van der Waals surface area contributed by atoms with Crippen molar-refractivity contribution in [2.45, 2.75) is 51.1 Å². The van der Waals surface area contributed by atoms with Crippen LogP contribution in [-0.4, -0.2) is 39.4 Å². The van der Waals surface area contributed by atoms with E-state index in [0.717, 1.165) is 43.5 Å². The number of nitrogens with zero attached hydrogens (tertiary/aromatic N) is 3. The Morgan fingerprint density at radius 1 is 1.22 bits per heavy atom. The van der Waals surface area contributed by atoms with Crippen LogP contribution in [0.1, 0.15) is 44.7 Å². The Hall–Kier alpha value is -1.22. The van der Waals surface area contributed by atoms with Gasteiger partial charge in [-0.15, -0.1) is 4.37 Å². The first-order chi connectivity index (χ1) is 10.8. The van der Waals surface area contributed by atoms with E-state index < -0.39 is 24.1 Å². The average molecular weight is 353 g/mol. The summed E-state index contributed by atoms with van der Waals surface area (Å²) < 4.78 is 68.5. The summed E-state index contributed by atoms with van der Waals surface area (Å²) in [5.74, 6) is -0.0176. The molecule has 2 heterocycles. The molecule has 2 rings (SSSR count). The summed E-state index contributed by atoms with van der Waals surface area (Å²) in [4.78, 5) is -0.236. The monoisotopic (exact) mass is 353 g/mol. The zero-order valence-corrected chi connectivity index (χ0v) is 13.8. The standard InChI is InChI=1S/C14H19F4N3OS/c1-3-4-5-6-9-22-12-11(19-23-20-12)10-7-8-13(15,16)21(2)14(10,17)18/h7H,3-6,8-9H2,1-2H3. The Morgan fingerprint density at radius 3 is 2.65 bits per heavy atom. The van der Waals surface area contributed by atoms with Crippen molar-refractivity contribution < 1.29 is 22.3 Å². The van der Waals surface area contributed by atoms with Gasteiger partial charge in [0.2, 0.25) is 0 Å². The Bertz CT molecular complexity index is 562. The van der Waals surface area contributed by atoms with Gasteiger partial charge in [0.15, 0.2) is 5.69 Å². The lowest BCUT2D eigenvalue weighted by atomic mass is 10.0. The van der Waals surface area contributed by atoms with Crippen LogP contribution in [0.4, 0.5) is 17.6 Å². The van der Waals surface area contributed by atoms with Crippen LogP contribution in [0.25, 0.3) is 5.57 Å². The molecule has 0 fully saturated rings. The summed E-state index contributed by atoms with van der Waals surface area (Å²) in [7, 11) is 0.693. The van der Waals surface area contributed by atoms with Crippen molar-refractivity contribution in [3.63, 3.8) is 0 Å². The molecular formula is C14H19F4N3OS. The molecule has 0 aromatic carbocycles. The summed E-state index contributed by atoms with van der Waals surface area (Å²) in [6.45, 7) is 2.41. The second-order valence-corrected chi connectivity index (χ2v) is 5.94. The predicted octanol–water partition coefficient (Wildman–Crippen LogP) is 4.40. The van der Waals surface area contributed by atoms with Gasteiger partial charge in [0.1, 0.15) is 0 Å². The average Bonchev–Trinajstić information content (AvgIpc) is 2.93. The summed E-state index contributed by atoms with van der Waals surface area (Å²) in [6.07, 6.45) is 3.90. The third kappa shape index (κ3) is 3.82. The molecule has 0 saturated heterocycles. The fourth-order valence-electron chi connectivity index (χ4n) is 2.25. The van der Waals surface area contributed by atoms with E-state index in [0.29, 0.717) is 13.7 Å². The van der Waals surface area contributed by atoms with Crippen LogP contribution in [-0.2, 0) is 0 Å². The quantitative estimate of drug-likeness (QED) is 0.414. The van der Waals surface area contributed by atoms with Crippen molar-refractivity contribution in [2.75, 3.05) is 13.7 Å². The van der Waals surface area contributed by atoms with Crippen LogP contribution in [0.3, 0.4) is 0 Å². The van der Waals surface area contributed by atoms with Crippen molar-refractivity contribution >= 4 is 17.3 Å². The van der Waals surface area contributed by atoms with Crippen LogP contribution >= 0.6 is 11.7 Å². The zero-order chi connectivity index (χ0) is 17.1. The van der Waals surface area contributed by atoms with Crippen LogP contribution in [0.15, 0.2) is 6.08 Å². The van der Waals surface area contributed by atoms with E-state index in [2.05, 4.69) is 15.7 Å². The van der Waals surface area contributed by atoms with E-state index in [1.54, 1.807) is 0 Å². The fraction of sp³-hybridized carbons (Fsp3) is 0.714. The SMILES string of the molecule is CCCCCCOc1nsnc1C1=CCC(F)(F)N(C)C1(F)F. The van der Waals surface area contributed by atoms with E-state index >= 15 is 0 Å². The number of ether oxygens (including phenoxy) is 1. The van der Waals surface area contributed by atoms with Gasteiger partial charge in [0.05, 0.1) is 23.9 Å². The van der Waals surface area contributed by atoms with Gasteiger partial charge in [-0.1, -0.05) is 32.3 Å². The largest absolute Gasteiger partial charge is 0.475 e. The van der Waals surface area contributed by atoms with Crippen LogP contribution in [0, 0.1) is 0 Å². The second-order valence-electron chi connectivity index (χ2n) is 5.42. The van der Waals surface area contributed by atoms with Crippen molar-refractivity contribution in [3.8, 4) is 5.88 Å². The molecule has 1 aliphatic rings. The topological polar surface area (TPSA) is 38.3 Å². The lowest BCUT2D eigenvalue weighted by Crippen LogP contribution is -2.52. The molecule has 0 atom stereocenters. The van der Waals surface area contributed by atoms with Gasteiger partial charge in [-0.25, -0.2) is 0 Å². The van der Waals surface area contributed by atoms with Crippen LogP contribution < -0.4 is 4.74 Å². The van der Waals surface area contributed by atoms with Crippen LogP contribution in [0.5, 0.6) is 5.88 Å². The van der Waals surface area contributed by atoms with E-state index in [9.17, 15) is 17.6 Å². The maximum absolute atomic E-state index is 14.2. The number of aromatic nitrogens is 2. The first kappa shape index (κ1) is 18.1. The molecule has 0 spiro atoms. The molecule has 9 heteroatoms. The zero-order valence-electron chi connectivity index (χ0n) is 13.0. The molecule has 0 radical (unpaired) electrons. The summed E-state index contributed by atoms with van der Waals surface area (Å²) in [5.41, 5.74) is -0.735. The molecule has 23 heavy (non-hydrogen) atoms. The summed E-state index contributed by atoms with van der Waals surface area (Å²) >= 11 is 0.725. The molecule has 1 aromatic rings. The molecule has 0 saturated carbocycles. The Morgan fingerprint density at radius 2 is 1.96 bits per heavy atom. The number of unbranched alkanes of at least 4 members (excludes halogenated alkanes) is 3. The Kier molecular flexibility index (Phi) is 5.61. The van der Waals surface area contributed by atoms with Gasteiger partial charge in [-0.05, 0) is 13.5 Å². The minimum absolute atomic E-state index is 0.0176. The first-order valence-electron chi connectivity index (χ1n) is 7.46. The molecule has 0 amide bonds. The number of likely N-dealkylation sites (N-methyl/N-ethyl adjacent to an activating group) is 1.